The van der Waals surface area contributed by atoms with Crippen LogP contribution in [0.25, 0.3) is 0 Å². The van der Waals surface area contributed by atoms with Crippen LogP contribution in [0.4, 0.5) is 10.5 Å². The smallest absolute Gasteiger partial charge is 0.422 e. The SMILES string of the molecule is CC(C)(C)OC(=O)NNCc1ccc(Cl)cc1NSc1ccc(Cl)cc1. The number of nitrogens with one attached hydrogen (secondary N) is 3. The van der Waals surface area contributed by atoms with Crippen LogP contribution in [0.15, 0.2) is 47.4 Å². The lowest BCUT2D eigenvalue weighted by molar-refractivity contribution is 0.0497. The molecule has 8 heteroatoms. The molecule has 2 rings (SSSR count). The molecule has 0 fully saturated rings. The van der Waals surface area contributed by atoms with Gasteiger partial charge in [0.2, 0.25) is 0 Å². The van der Waals surface area contributed by atoms with Gasteiger partial charge in [0.25, 0.3) is 0 Å². The molecule has 26 heavy (non-hydrogen) atoms. The van der Waals surface area contributed by atoms with Crippen molar-refractivity contribution in [3.05, 3.63) is 58.1 Å². The van der Waals surface area contributed by atoms with Gasteiger partial charge in [-0.05, 0) is 74.7 Å². The van der Waals surface area contributed by atoms with Crippen molar-refractivity contribution >= 4 is 46.9 Å². The number of amides is 1. The van der Waals surface area contributed by atoms with Crippen LogP contribution in [0.2, 0.25) is 10.0 Å². The molecule has 0 aromatic heterocycles. The summed E-state index contributed by atoms with van der Waals surface area (Å²) in [5.41, 5.74) is 6.60. The van der Waals surface area contributed by atoms with E-state index in [1.165, 1.54) is 11.9 Å². The van der Waals surface area contributed by atoms with E-state index < -0.39 is 11.7 Å². The van der Waals surface area contributed by atoms with Crippen LogP contribution in [-0.2, 0) is 11.3 Å². The summed E-state index contributed by atoms with van der Waals surface area (Å²) in [6.07, 6.45) is -0.531. The van der Waals surface area contributed by atoms with Crippen molar-refractivity contribution in [1.29, 1.82) is 0 Å². The number of hydrazine groups is 1. The van der Waals surface area contributed by atoms with Gasteiger partial charge in [-0.1, -0.05) is 29.3 Å². The van der Waals surface area contributed by atoms with Crippen LogP contribution in [0.5, 0.6) is 0 Å². The Morgan fingerprint density at radius 3 is 2.38 bits per heavy atom. The summed E-state index contributed by atoms with van der Waals surface area (Å²) < 4.78 is 8.45. The minimum atomic E-state index is -0.548. The fraction of sp³-hybridized carbons (Fsp3) is 0.278. The lowest BCUT2D eigenvalue weighted by Crippen LogP contribution is -2.40. The number of carbonyl (C=O) groups excluding carboxylic acids is 1. The Balaban J connectivity index is 1.94. The summed E-state index contributed by atoms with van der Waals surface area (Å²) in [4.78, 5) is 12.7. The number of halogens is 2. The van der Waals surface area contributed by atoms with E-state index in [-0.39, 0.29) is 0 Å². The second kappa shape index (κ2) is 9.37. The zero-order valence-corrected chi connectivity index (χ0v) is 17.1. The number of anilines is 1. The molecule has 0 aliphatic carbocycles. The van der Waals surface area contributed by atoms with Gasteiger partial charge in [-0.3, -0.25) is 5.43 Å². The third-order valence-electron chi connectivity index (χ3n) is 3.03. The Kier molecular flexibility index (Phi) is 7.46. The molecule has 5 nitrogen and oxygen atoms in total. The maximum absolute atomic E-state index is 11.7. The van der Waals surface area contributed by atoms with Gasteiger partial charge in [0, 0.05) is 21.5 Å². The number of rotatable bonds is 6. The summed E-state index contributed by atoms with van der Waals surface area (Å²) in [6, 6.07) is 13.0. The fourth-order valence-corrected chi connectivity index (χ4v) is 2.92. The second-order valence-electron chi connectivity index (χ2n) is 6.44. The normalized spacial score (nSPS) is 11.1. The zero-order chi connectivity index (χ0) is 19.2. The number of ether oxygens (including phenoxy) is 1. The molecular formula is C18H21Cl2N3O2S. The van der Waals surface area contributed by atoms with Gasteiger partial charge in [0.15, 0.2) is 0 Å². The molecule has 3 N–H and O–H groups in total. The highest BCUT2D eigenvalue weighted by Gasteiger charge is 2.15. The van der Waals surface area contributed by atoms with E-state index >= 15 is 0 Å². The lowest BCUT2D eigenvalue weighted by atomic mass is 10.2. The largest absolute Gasteiger partial charge is 0.443 e. The van der Waals surface area contributed by atoms with E-state index in [0.29, 0.717) is 16.6 Å². The van der Waals surface area contributed by atoms with E-state index in [9.17, 15) is 4.79 Å². The first-order valence-corrected chi connectivity index (χ1v) is 9.49. The summed E-state index contributed by atoms with van der Waals surface area (Å²) in [5, 5.41) is 1.31. The molecule has 2 aromatic rings. The Morgan fingerprint density at radius 2 is 1.73 bits per heavy atom. The van der Waals surface area contributed by atoms with E-state index in [2.05, 4.69) is 15.6 Å². The molecule has 0 unspecified atom stereocenters. The first kappa shape index (κ1) is 20.7. The average molecular weight is 414 g/mol. The summed E-state index contributed by atoms with van der Waals surface area (Å²) in [5.74, 6) is 0. The fourth-order valence-electron chi connectivity index (χ4n) is 1.93. The Labute approximate surface area is 167 Å². The molecule has 0 saturated heterocycles. The maximum atomic E-state index is 11.7. The first-order chi connectivity index (χ1) is 12.2. The lowest BCUT2D eigenvalue weighted by Gasteiger charge is -2.20. The molecule has 0 bridgehead atoms. The first-order valence-electron chi connectivity index (χ1n) is 7.92. The van der Waals surface area contributed by atoms with Crippen molar-refractivity contribution in [3.8, 4) is 0 Å². The Morgan fingerprint density at radius 1 is 1.08 bits per heavy atom. The molecule has 0 spiro atoms. The van der Waals surface area contributed by atoms with Crippen LogP contribution < -0.4 is 15.6 Å². The standard InChI is InChI=1S/C18H21Cl2N3O2S/c1-18(2,3)25-17(24)22-21-11-12-4-5-14(20)10-16(12)23-26-15-8-6-13(19)7-9-15/h4-10,21,23H,11H2,1-3H3,(H,22,24). The predicted molar refractivity (Wildman–Crippen MR) is 109 cm³/mol. The molecule has 2 aromatic carbocycles. The summed E-state index contributed by atoms with van der Waals surface area (Å²) in [7, 11) is 0. The van der Waals surface area contributed by atoms with Crippen molar-refractivity contribution in [2.45, 2.75) is 37.8 Å². The predicted octanol–water partition coefficient (Wildman–Crippen LogP) is 5.64. The van der Waals surface area contributed by atoms with Crippen molar-refractivity contribution < 1.29 is 9.53 Å². The molecule has 0 saturated carbocycles. The Hall–Kier alpha value is -1.60. The van der Waals surface area contributed by atoms with Crippen molar-refractivity contribution in [2.75, 3.05) is 4.72 Å². The monoisotopic (exact) mass is 413 g/mol. The summed E-state index contributed by atoms with van der Waals surface area (Å²) >= 11 is 13.4. The van der Waals surface area contributed by atoms with Crippen molar-refractivity contribution in [3.63, 3.8) is 0 Å². The van der Waals surface area contributed by atoms with E-state index in [0.717, 1.165) is 16.1 Å². The van der Waals surface area contributed by atoms with Crippen LogP contribution in [0, 0.1) is 0 Å². The van der Waals surface area contributed by atoms with Gasteiger partial charge < -0.3 is 9.46 Å². The Bertz CT molecular complexity index is 749. The minimum Gasteiger partial charge on any atom is -0.443 e. The topological polar surface area (TPSA) is 62.4 Å². The zero-order valence-electron chi connectivity index (χ0n) is 14.7. The van der Waals surface area contributed by atoms with Crippen LogP contribution in [-0.4, -0.2) is 11.7 Å². The maximum Gasteiger partial charge on any atom is 0.422 e. The summed E-state index contributed by atoms with van der Waals surface area (Å²) in [6.45, 7) is 5.82. The van der Waals surface area contributed by atoms with E-state index in [4.69, 9.17) is 27.9 Å². The van der Waals surface area contributed by atoms with E-state index in [1.54, 1.807) is 6.07 Å². The molecule has 0 radical (unpaired) electrons. The quantitative estimate of drug-likeness (QED) is 0.422. The van der Waals surface area contributed by atoms with Gasteiger partial charge in [-0.2, -0.15) is 0 Å². The third kappa shape index (κ3) is 7.33. The van der Waals surface area contributed by atoms with Crippen LogP contribution >= 0.6 is 35.1 Å². The highest BCUT2D eigenvalue weighted by atomic mass is 35.5. The molecule has 0 aliphatic rings. The van der Waals surface area contributed by atoms with Crippen LogP contribution in [0.3, 0.4) is 0 Å². The number of benzene rings is 2. The van der Waals surface area contributed by atoms with Crippen LogP contribution in [0.1, 0.15) is 26.3 Å². The molecule has 0 atom stereocenters. The third-order valence-corrected chi connectivity index (χ3v) is 4.35. The van der Waals surface area contributed by atoms with Gasteiger partial charge in [0.05, 0.1) is 5.69 Å². The highest BCUT2D eigenvalue weighted by Crippen LogP contribution is 2.27. The molecule has 140 valence electrons. The number of hydrogen-bond donors (Lipinski definition) is 3. The molecule has 0 aliphatic heterocycles. The van der Waals surface area contributed by atoms with Gasteiger partial charge in [-0.25, -0.2) is 10.2 Å². The number of carbonyl (C=O) groups is 1. The van der Waals surface area contributed by atoms with Gasteiger partial charge in [0.1, 0.15) is 5.60 Å². The van der Waals surface area contributed by atoms with Crippen molar-refractivity contribution in [1.82, 2.24) is 10.9 Å². The van der Waals surface area contributed by atoms with Gasteiger partial charge >= 0.3 is 6.09 Å². The average Bonchev–Trinajstić information content (AvgIpc) is 2.54. The molecular weight excluding hydrogens is 393 g/mol. The van der Waals surface area contributed by atoms with Gasteiger partial charge in [-0.15, -0.1) is 0 Å². The number of hydrogen-bond acceptors (Lipinski definition) is 5. The molecule has 1 amide bonds. The minimum absolute atomic E-state index is 0.403. The highest BCUT2D eigenvalue weighted by molar-refractivity contribution is 8.00. The molecule has 0 heterocycles. The van der Waals surface area contributed by atoms with E-state index in [1.807, 2.05) is 57.2 Å². The second-order valence-corrected chi connectivity index (χ2v) is 8.19. The van der Waals surface area contributed by atoms with Crippen molar-refractivity contribution in [2.24, 2.45) is 0 Å².